The molecule has 0 aliphatic rings. The monoisotopic (exact) mass is 226 g/mol. The molecule has 84 valence electrons. The fourth-order valence-corrected chi connectivity index (χ4v) is 2.19. The lowest BCUT2D eigenvalue weighted by atomic mass is 10.1. The van der Waals surface area contributed by atoms with E-state index in [4.69, 9.17) is 13.9 Å². The zero-order chi connectivity index (χ0) is 11.1. The van der Waals surface area contributed by atoms with E-state index in [0.29, 0.717) is 0 Å². The third kappa shape index (κ3) is 4.13. The summed E-state index contributed by atoms with van der Waals surface area (Å²) in [6, 6.07) is 10.2. The fraction of sp³-hybridized carbons (Fsp3) is 0.455. The van der Waals surface area contributed by atoms with Gasteiger partial charge in [0.1, 0.15) is 0 Å². The molecule has 0 aliphatic carbocycles. The molecule has 0 heterocycles. The normalized spacial score (nSPS) is 13.9. The maximum absolute atomic E-state index is 5.76. The van der Waals surface area contributed by atoms with Crippen LogP contribution in [0.15, 0.2) is 30.3 Å². The van der Waals surface area contributed by atoms with Crippen LogP contribution in [0.25, 0.3) is 0 Å². The summed E-state index contributed by atoms with van der Waals surface area (Å²) in [5.74, 6) is -0.156. The van der Waals surface area contributed by atoms with E-state index in [1.54, 1.807) is 14.2 Å². The predicted octanol–water partition coefficient (Wildman–Crippen LogP) is 1.42. The Balaban J connectivity index is 2.39. The van der Waals surface area contributed by atoms with E-state index in [1.165, 1.54) is 5.56 Å². The average molecular weight is 226 g/mol. The molecule has 1 aromatic carbocycles. The fourth-order valence-electron chi connectivity index (χ4n) is 1.28. The molecule has 1 rings (SSSR count). The van der Waals surface area contributed by atoms with Crippen molar-refractivity contribution in [3.8, 4) is 0 Å². The smallest absolute Gasteiger partial charge is 0.224 e. The lowest BCUT2D eigenvalue weighted by molar-refractivity contribution is -0.0550. The van der Waals surface area contributed by atoms with Gasteiger partial charge < -0.3 is 13.9 Å². The number of hydrogen-bond acceptors (Lipinski definition) is 3. The second kappa shape index (κ2) is 6.74. The highest BCUT2D eigenvalue weighted by molar-refractivity contribution is 6.28. The maximum atomic E-state index is 5.76. The first-order chi connectivity index (χ1) is 7.27. The van der Waals surface area contributed by atoms with Crippen molar-refractivity contribution >= 4 is 9.76 Å². The minimum Gasteiger partial charge on any atom is -0.412 e. The van der Waals surface area contributed by atoms with Crippen LogP contribution in [0.2, 0.25) is 0 Å². The van der Waals surface area contributed by atoms with Gasteiger partial charge in [-0.2, -0.15) is 0 Å². The van der Waals surface area contributed by atoms with Gasteiger partial charge in [0.05, 0.1) is 6.10 Å². The summed E-state index contributed by atoms with van der Waals surface area (Å²) in [6.45, 7) is 2.05. The van der Waals surface area contributed by atoms with E-state index < -0.39 is 9.76 Å². The molecule has 15 heavy (non-hydrogen) atoms. The molecule has 0 saturated carbocycles. The lowest BCUT2D eigenvalue weighted by Gasteiger charge is -2.17. The first kappa shape index (κ1) is 12.4. The molecule has 0 aliphatic heterocycles. The summed E-state index contributed by atoms with van der Waals surface area (Å²) in [6.07, 6.45) is 0.116. The SMILES string of the molecule is COC(OC)[SiH2]OC(C)c1ccccc1. The van der Waals surface area contributed by atoms with Gasteiger partial charge in [-0.3, -0.25) is 0 Å². The second-order valence-corrected chi connectivity index (χ2v) is 4.62. The zero-order valence-corrected chi connectivity index (χ0v) is 10.9. The molecule has 0 N–H and O–H groups in total. The van der Waals surface area contributed by atoms with E-state index in [1.807, 2.05) is 25.1 Å². The number of methoxy groups -OCH3 is 2. The van der Waals surface area contributed by atoms with E-state index in [2.05, 4.69) is 12.1 Å². The summed E-state index contributed by atoms with van der Waals surface area (Å²) < 4.78 is 16.0. The van der Waals surface area contributed by atoms with Crippen molar-refractivity contribution in [2.75, 3.05) is 14.2 Å². The van der Waals surface area contributed by atoms with Crippen LogP contribution in [0.4, 0.5) is 0 Å². The van der Waals surface area contributed by atoms with Crippen LogP contribution < -0.4 is 0 Å². The van der Waals surface area contributed by atoms with Gasteiger partial charge in [0.2, 0.25) is 9.76 Å². The molecule has 1 atom stereocenters. The third-order valence-electron chi connectivity index (χ3n) is 2.28. The molecule has 0 radical (unpaired) electrons. The Kier molecular flexibility index (Phi) is 5.56. The quantitative estimate of drug-likeness (QED) is 0.542. The molecule has 1 aromatic rings. The summed E-state index contributed by atoms with van der Waals surface area (Å²) in [5.41, 5.74) is 1.19. The number of rotatable bonds is 6. The Morgan fingerprint density at radius 2 is 1.67 bits per heavy atom. The van der Waals surface area contributed by atoms with Crippen molar-refractivity contribution < 1.29 is 13.9 Å². The van der Waals surface area contributed by atoms with Gasteiger partial charge >= 0.3 is 0 Å². The van der Waals surface area contributed by atoms with Crippen molar-refractivity contribution in [2.45, 2.75) is 18.9 Å². The molecule has 3 nitrogen and oxygen atoms in total. The number of hydrogen-bond donors (Lipinski definition) is 0. The van der Waals surface area contributed by atoms with Crippen molar-refractivity contribution in [1.29, 1.82) is 0 Å². The maximum Gasteiger partial charge on any atom is 0.224 e. The van der Waals surface area contributed by atoms with Crippen LogP contribution in [0.1, 0.15) is 18.6 Å². The van der Waals surface area contributed by atoms with Crippen LogP contribution in [0.3, 0.4) is 0 Å². The molecule has 0 amide bonds. The molecule has 4 heteroatoms. The summed E-state index contributed by atoms with van der Waals surface area (Å²) in [4.78, 5) is 0. The summed E-state index contributed by atoms with van der Waals surface area (Å²) >= 11 is 0. The molecule has 0 aromatic heterocycles. The Bertz CT molecular complexity index is 262. The van der Waals surface area contributed by atoms with Gasteiger partial charge in [-0.05, 0) is 12.5 Å². The van der Waals surface area contributed by atoms with Crippen molar-refractivity contribution in [2.24, 2.45) is 0 Å². The largest absolute Gasteiger partial charge is 0.412 e. The van der Waals surface area contributed by atoms with Gasteiger partial charge in [-0.15, -0.1) is 0 Å². The first-order valence-corrected chi connectivity index (χ1v) is 6.39. The Morgan fingerprint density at radius 3 is 2.20 bits per heavy atom. The molecular formula is C11H18O3Si. The summed E-state index contributed by atoms with van der Waals surface area (Å²) in [7, 11) is 2.46. The van der Waals surface area contributed by atoms with Crippen molar-refractivity contribution in [3.63, 3.8) is 0 Å². The molecular weight excluding hydrogens is 208 g/mol. The van der Waals surface area contributed by atoms with E-state index in [0.717, 1.165) is 0 Å². The van der Waals surface area contributed by atoms with E-state index >= 15 is 0 Å². The topological polar surface area (TPSA) is 27.7 Å². The van der Waals surface area contributed by atoms with Crippen LogP contribution in [0, 0.1) is 0 Å². The highest BCUT2D eigenvalue weighted by Gasteiger charge is 2.10. The van der Waals surface area contributed by atoms with Gasteiger partial charge in [0.15, 0.2) is 5.91 Å². The van der Waals surface area contributed by atoms with E-state index in [-0.39, 0.29) is 12.0 Å². The molecule has 0 saturated heterocycles. The highest BCUT2D eigenvalue weighted by atomic mass is 28.2. The highest BCUT2D eigenvalue weighted by Crippen LogP contribution is 2.15. The van der Waals surface area contributed by atoms with Gasteiger partial charge in [-0.25, -0.2) is 0 Å². The lowest BCUT2D eigenvalue weighted by Crippen LogP contribution is -2.24. The Labute approximate surface area is 93.3 Å². The zero-order valence-electron chi connectivity index (χ0n) is 9.47. The summed E-state index contributed by atoms with van der Waals surface area (Å²) in [5, 5.41) is 0. The molecule has 0 fully saturated rings. The number of benzene rings is 1. The van der Waals surface area contributed by atoms with E-state index in [9.17, 15) is 0 Å². The molecule has 0 bridgehead atoms. The average Bonchev–Trinajstić information content (AvgIpc) is 2.31. The van der Waals surface area contributed by atoms with Gasteiger partial charge in [0.25, 0.3) is 0 Å². The molecule has 0 spiro atoms. The van der Waals surface area contributed by atoms with Crippen LogP contribution in [-0.2, 0) is 13.9 Å². The van der Waals surface area contributed by atoms with Gasteiger partial charge in [0, 0.05) is 14.2 Å². The predicted molar refractivity (Wildman–Crippen MR) is 62.3 cm³/mol. The van der Waals surface area contributed by atoms with Crippen LogP contribution in [0.5, 0.6) is 0 Å². The third-order valence-corrected chi connectivity index (χ3v) is 3.91. The standard InChI is InChI=1S/C11H18O3Si/c1-9(10-7-5-4-6-8-10)14-15-11(12-2)13-3/h4-9,11H,15H2,1-3H3. The van der Waals surface area contributed by atoms with Crippen molar-refractivity contribution in [3.05, 3.63) is 35.9 Å². The Morgan fingerprint density at radius 1 is 1.07 bits per heavy atom. The van der Waals surface area contributed by atoms with Crippen LogP contribution in [-0.4, -0.2) is 29.9 Å². The Hall–Kier alpha value is -0.683. The van der Waals surface area contributed by atoms with Gasteiger partial charge in [-0.1, -0.05) is 30.3 Å². The molecule has 1 unspecified atom stereocenters. The van der Waals surface area contributed by atoms with Crippen LogP contribution >= 0.6 is 0 Å². The van der Waals surface area contributed by atoms with Crippen molar-refractivity contribution in [1.82, 2.24) is 0 Å². The second-order valence-electron chi connectivity index (χ2n) is 3.29. The first-order valence-electron chi connectivity index (χ1n) is 5.00. The minimum absolute atomic E-state index is 0.116. The minimum atomic E-state index is -0.810. The number of ether oxygens (including phenoxy) is 2.